The second kappa shape index (κ2) is 8.28. The van der Waals surface area contributed by atoms with Crippen LogP contribution in [0.5, 0.6) is 0 Å². The van der Waals surface area contributed by atoms with E-state index in [0.717, 1.165) is 34.1 Å². The van der Waals surface area contributed by atoms with E-state index in [1.165, 1.54) is 0 Å². The van der Waals surface area contributed by atoms with E-state index >= 15 is 0 Å². The molecule has 1 aliphatic heterocycles. The minimum atomic E-state index is -0.399. The number of aromatic nitrogens is 2. The zero-order valence-corrected chi connectivity index (χ0v) is 16.7. The molecule has 3 aromatic rings. The summed E-state index contributed by atoms with van der Waals surface area (Å²) in [5.41, 5.74) is 5.38. The van der Waals surface area contributed by atoms with Crippen molar-refractivity contribution in [3.63, 3.8) is 0 Å². The zero-order valence-electron chi connectivity index (χ0n) is 14.5. The molecular formula is C20H18IN3O3. The fourth-order valence-electron chi connectivity index (χ4n) is 3.00. The van der Waals surface area contributed by atoms with Gasteiger partial charge in [-0.15, -0.1) is 0 Å². The Morgan fingerprint density at radius 3 is 2.85 bits per heavy atom. The van der Waals surface area contributed by atoms with Crippen LogP contribution >= 0.6 is 22.6 Å². The van der Waals surface area contributed by atoms with Gasteiger partial charge in [0, 0.05) is 39.9 Å². The number of hydrogen-bond donors (Lipinski definition) is 1. The molecule has 1 unspecified atom stereocenters. The molecule has 1 aromatic carbocycles. The highest BCUT2D eigenvalue weighted by Crippen LogP contribution is 2.25. The number of benzene rings is 1. The van der Waals surface area contributed by atoms with Crippen molar-refractivity contribution >= 4 is 39.4 Å². The van der Waals surface area contributed by atoms with Crippen LogP contribution in [0.1, 0.15) is 29.6 Å². The summed E-state index contributed by atoms with van der Waals surface area (Å²) >= 11 is 2.26. The molecule has 0 radical (unpaired) electrons. The van der Waals surface area contributed by atoms with Crippen molar-refractivity contribution in [2.24, 2.45) is 0 Å². The van der Waals surface area contributed by atoms with Gasteiger partial charge in [0.05, 0.1) is 16.8 Å². The predicted molar refractivity (Wildman–Crippen MR) is 110 cm³/mol. The number of pyridine rings is 2. The van der Waals surface area contributed by atoms with E-state index in [1.807, 2.05) is 24.3 Å². The van der Waals surface area contributed by atoms with Crippen molar-refractivity contribution in [1.82, 2.24) is 15.4 Å². The van der Waals surface area contributed by atoms with Crippen LogP contribution in [-0.4, -0.2) is 28.8 Å². The molecule has 2 aromatic heterocycles. The Morgan fingerprint density at radius 1 is 1.22 bits per heavy atom. The van der Waals surface area contributed by atoms with E-state index in [2.05, 4.69) is 38.0 Å². The number of fused-ring (bicyclic) bond motifs is 1. The van der Waals surface area contributed by atoms with E-state index < -0.39 is 6.29 Å². The lowest BCUT2D eigenvalue weighted by atomic mass is 10.1. The van der Waals surface area contributed by atoms with Crippen LogP contribution in [0.25, 0.3) is 22.2 Å². The zero-order chi connectivity index (χ0) is 18.6. The Morgan fingerprint density at radius 2 is 2.07 bits per heavy atom. The van der Waals surface area contributed by atoms with Crippen molar-refractivity contribution in [2.75, 3.05) is 6.61 Å². The van der Waals surface area contributed by atoms with Crippen LogP contribution in [0.2, 0.25) is 0 Å². The molecule has 0 saturated carbocycles. The number of hydroxylamine groups is 1. The topological polar surface area (TPSA) is 73.3 Å². The number of amides is 1. The van der Waals surface area contributed by atoms with Gasteiger partial charge in [-0.05, 0) is 59.7 Å². The Kier molecular flexibility index (Phi) is 5.61. The van der Waals surface area contributed by atoms with Gasteiger partial charge in [-0.2, -0.15) is 0 Å². The summed E-state index contributed by atoms with van der Waals surface area (Å²) < 4.78 is 6.63. The molecule has 0 spiro atoms. The van der Waals surface area contributed by atoms with Crippen molar-refractivity contribution in [2.45, 2.75) is 25.6 Å². The molecule has 138 valence electrons. The van der Waals surface area contributed by atoms with E-state index in [1.54, 1.807) is 24.5 Å². The number of carbonyl (C=O) groups is 1. The summed E-state index contributed by atoms with van der Waals surface area (Å²) in [5, 5.41) is 0.678. The van der Waals surface area contributed by atoms with Gasteiger partial charge in [-0.25, -0.2) is 15.3 Å². The van der Waals surface area contributed by atoms with Gasteiger partial charge in [-0.1, -0.05) is 12.1 Å². The average Bonchev–Trinajstić information content (AvgIpc) is 2.72. The third-order valence-corrected chi connectivity index (χ3v) is 5.13. The molecule has 3 heterocycles. The van der Waals surface area contributed by atoms with Gasteiger partial charge in [0.1, 0.15) is 0 Å². The number of ether oxygens (including phenoxy) is 1. The molecule has 4 rings (SSSR count). The number of nitrogens with one attached hydrogen (secondary N) is 1. The molecule has 1 atom stereocenters. The Balaban J connectivity index is 1.65. The fraction of sp³-hybridized carbons (Fsp3) is 0.250. The molecule has 1 fully saturated rings. The first-order chi connectivity index (χ1) is 13.2. The molecule has 7 heteroatoms. The highest BCUT2D eigenvalue weighted by atomic mass is 127. The van der Waals surface area contributed by atoms with Crippen molar-refractivity contribution in [3.8, 4) is 11.3 Å². The Labute approximate surface area is 170 Å². The average molecular weight is 475 g/mol. The third kappa shape index (κ3) is 4.26. The van der Waals surface area contributed by atoms with Crippen LogP contribution in [0.4, 0.5) is 0 Å². The van der Waals surface area contributed by atoms with Crippen molar-refractivity contribution < 1.29 is 14.4 Å². The molecule has 1 N–H and O–H groups in total. The SMILES string of the molecule is O=C(NOC1CCCCO1)c1cc(-c2ccc(I)cc2)nc2ccncc12. The minimum absolute atomic E-state index is 0.337. The summed E-state index contributed by atoms with van der Waals surface area (Å²) in [5.74, 6) is -0.337. The van der Waals surface area contributed by atoms with E-state index in [0.29, 0.717) is 23.1 Å². The smallest absolute Gasteiger partial charge is 0.275 e. The highest BCUT2D eigenvalue weighted by Gasteiger charge is 2.18. The summed E-state index contributed by atoms with van der Waals surface area (Å²) in [6.45, 7) is 0.652. The van der Waals surface area contributed by atoms with E-state index in [4.69, 9.17) is 9.57 Å². The van der Waals surface area contributed by atoms with E-state index in [-0.39, 0.29) is 5.91 Å². The lowest BCUT2D eigenvalue weighted by Crippen LogP contribution is -2.33. The predicted octanol–water partition coefficient (Wildman–Crippen LogP) is 4.09. The number of carbonyl (C=O) groups excluding carboxylic acids is 1. The lowest BCUT2D eigenvalue weighted by molar-refractivity contribution is -0.186. The van der Waals surface area contributed by atoms with Gasteiger partial charge in [0.15, 0.2) is 6.29 Å². The molecule has 0 bridgehead atoms. The number of hydrogen-bond acceptors (Lipinski definition) is 5. The Bertz CT molecular complexity index is 956. The Hall–Kier alpha value is -2.10. The largest absolute Gasteiger partial charge is 0.350 e. The molecular weight excluding hydrogens is 457 g/mol. The second-order valence-corrected chi connectivity index (χ2v) is 7.55. The third-order valence-electron chi connectivity index (χ3n) is 4.42. The van der Waals surface area contributed by atoms with Gasteiger partial charge in [0.2, 0.25) is 0 Å². The summed E-state index contributed by atoms with van der Waals surface area (Å²) in [6.07, 6.45) is 5.73. The van der Waals surface area contributed by atoms with Crippen LogP contribution < -0.4 is 5.48 Å². The first kappa shape index (κ1) is 18.3. The lowest BCUT2D eigenvalue weighted by Gasteiger charge is -2.22. The van der Waals surface area contributed by atoms with Crippen molar-refractivity contribution in [3.05, 3.63) is 57.9 Å². The summed E-state index contributed by atoms with van der Waals surface area (Å²) in [6, 6.07) is 11.6. The molecule has 1 amide bonds. The maximum atomic E-state index is 12.8. The molecule has 6 nitrogen and oxygen atoms in total. The van der Waals surface area contributed by atoms with Gasteiger partial charge < -0.3 is 4.74 Å². The van der Waals surface area contributed by atoms with Gasteiger partial charge >= 0.3 is 0 Å². The molecule has 27 heavy (non-hydrogen) atoms. The molecule has 1 saturated heterocycles. The number of rotatable bonds is 4. The number of halogens is 1. The van der Waals surface area contributed by atoms with E-state index in [9.17, 15) is 4.79 Å². The van der Waals surface area contributed by atoms with Gasteiger partial charge in [0.25, 0.3) is 5.91 Å². The monoisotopic (exact) mass is 475 g/mol. The van der Waals surface area contributed by atoms with Crippen LogP contribution in [0.3, 0.4) is 0 Å². The number of nitrogens with zero attached hydrogens (tertiary/aromatic N) is 2. The van der Waals surface area contributed by atoms with Crippen LogP contribution in [-0.2, 0) is 9.57 Å². The normalized spacial score (nSPS) is 17.0. The first-order valence-electron chi connectivity index (χ1n) is 8.79. The second-order valence-electron chi connectivity index (χ2n) is 6.30. The highest BCUT2D eigenvalue weighted by molar-refractivity contribution is 14.1. The quantitative estimate of drug-likeness (QED) is 0.455. The molecule has 1 aliphatic rings. The van der Waals surface area contributed by atoms with Crippen LogP contribution in [0, 0.1) is 3.57 Å². The summed E-state index contributed by atoms with van der Waals surface area (Å²) in [4.78, 5) is 27.0. The molecule has 0 aliphatic carbocycles. The maximum Gasteiger partial charge on any atom is 0.275 e. The maximum absolute atomic E-state index is 12.8. The van der Waals surface area contributed by atoms with Crippen LogP contribution in [0.15, 0.2) is 48.8 Å². The standard InChI is InChI=1S/C20H18IN3O3/c21-14-6-4-13(5-7-14)18-11-15(16-12-22-9-8-17(16)23-18)20(25)24-27-19-3-1-2-10-26-19/h4-9,11-12,19H,1-3,10H2,(H,24,25). The van der Waals surface area contributed by atoms with Gasteiger partial charge in [-0.3, -0.25) is 9.78 Å². The first-order valence-corrected chi connectivity index (χ1v) is 9.87. The van der Waals surface area contributed by atoms with Crippen molar-refractivity contribution in [1.29, 1.82) is 0 Å². The fourth-order valence-corrected chi connectivity index (χ4v) is 3.36. The minimum Gasteiger partial charge on any atom is -0.350 e. The summed E-state index contributed by atoms with van der Waals surface area (Å²) in [7, 11) is 0.